The molecule has 0 radical (unpaired) electrons. The number of nitrogens with one attached hydrogen (secondary N) is 1. The van der Waals surface area contributed by atoms with Gasteiger partial charge in [-0.05, 0) is 58.4 Å². The third-order valence-electron chi connectivity index (χ3n) is 5.15. The van der Waals surface area contributed by atoms with Crippen molar-refractivity contribution in [3.63, 3.8) is 0 Å². The van der Waals surface area contributed by atoms with Crippen molar-refractivity contribution >= 4 is 5.91 Å². The summed E-state index contributed by atoms with van der Waals surface area (Å²) in [6.45, 7) is 6.43. The SMILES string of the molecule is CNC1(C)CCN(C(=O)C2CCC(C)CC2)CC1. The summed E-state index contributed by atoms with van der Waals surface area (Å²) >= 11 is 0. The van der Waals surface area contributed by atoms with E-state index in [0.29, 0.717) is 11.8 Å². The third kappa shape index (κ3) is 3.05. The first-order chi connectivity index (χ1) is 8.54. The van der Waals surface area contributed by atoms with Crippen LogP contribution in [-0.4, -0.2) is 36.5 Å². The van der Waals surface area contributed by atoms with Crippen molar-refractivity contribution in [3.8, 4) is 0 Å². The maximum Gasteiger partial charge on any atom is 0.225 e. The van der Waals surface area contributed by atoms with Crippen molar-refractivity contribution < 1.29 is 4.79 Å². The minimum atomic E-state index is 0.234. The monoisotopic (exact) mass is 252 g/mol. The van der Waals surface area contributed by atoms with E-state index in [-0.39, 0.29) is 5.54 Å². The molecule has 1 N–H and O–H groups in total. The summed E-state index contributed by atoms with van der Waals surface area (Å²) in [5.41, 5.74) is 0.234. The first-order valence-electron chi connectivity index (χ1n) is 7.52. The average molecular weight is 252 g/mol. The Kier molecular flexibility index (Phi) is 4.31. The summed E-state index contributed by atoms with van der Waals surface area (Å²) in [6.07, 6.45) is 6.85. The van der Waals surface area contributed by atoms with E-state index in [4.69, 9.17) is 0 Å². The molecule has 3 heteroatoms. The van der Waals surface area contributed by atoms with Crippen LogP contribution in [0.5, 0.6) is 0 Å². The minimum Gasteiger partial charge on any atom is -0.342 e. The number of nitrogens with zero attached hydrogens (tertiary/aromatic N) is 1. The van der Waals surface area contributed by atoms with Crippen LogP contribution in [0.4, 0.5) is 0 Å². The van der Waals surface area contributed by atoms with E-state index in [1.54, 1.807) is 0 Å². The van der Waals surface area contributed by atoms with Gasteiger partial charge < -0.3 is 10.2 Å². The van der Waals surface area contributed by atoms with Crippen LogP contribution in [0.1, 0.15) is 52.4 Å². The molecular weight excluding hydrogens is 224 g/mol. The molecule has 2 fully saturated rings. The largest absolute Gasteiger partial charge is 0.342 e. The lowest BCUT2D eigenvalue weighted by Crippen LogP contribution is -2.52. The molecule has 1 saturated carbocycles. The fourth-order valence-electron chi connectivity index (χ4n) is 3.24. The van der Waals surface area contributed by atoms with Crippen LogP contribution in [0.3, 0.4) is 0 Å². The normalized spacial score (nSPS) is 32.3. The number of piperidine rings is 1. The molecule has 3 nitrogen and oxygen atoms in total. The second kappa shape index (κ2) is 5.60. The molecule has 1 aliphatic heterocycles. The van der Waals surface area contributed by atoms with Gasteiger partial charge in [-0.25, -0.2) is 0 Å². The minimum absolute atomic E-state index is 0.234. The summed E-state index contributed by atoms with van der Waals surface area (Å²) in [5, 5.41) is 3.39. The summed E-state index contributed by atoms with van der Waals surface area (Å²) in [4.78, 5) is 14.6. The van der Waals surface area contributed by atoms with Crippen LogP contribution in [0, 0.1) is 11.8 Å². The van der Waals surface area contributed by atoms with Gasteiger partial charge in [0.15, 0.2) is 0 Å². The van der Waals surface area contributed by atoms with Gasteiger partial charge in [0.2, 0.25) is 5.91 Å². The number of carbonyl (C=O) groups is 1. The Balaban J connectivity index is 1.84. The van der Waals surface area contributed by atoms with Crippen molar-refractivity contribution in [2.24, 2.45) is 11.8 Å². The highest BCUT2D eigenvalue weighted by molar-refractivity contribution is 5.79. The highest BCUT2D eigenvalue weighted by atomic mass is 16.2. The molecular formula is C15H28N2O. The maximum absolute atomic E-state index is 12.5. The van der Waals surface area contributed by atoms with E-state index in [2.05, 4.69) is 24.1 Å². The lowest BCUT2D eigenvalue weighted by molar-refractivity contribution is -0.138. The van der Waals surface area contributed by atoms with E-state index in [9.17, 15) is 4.79 Å². The van der Waals surface area contributed by atoms with Crippen molar-refractivity contribution in [2.45, 2.75) is 57.9 Å². The number of hydrogen-bond donors (Lipinski definition) is 1. The zero-order valence-corrected chi connectivity index (χ0v) is 12.2. The van der Waals surface area contributed by atoms with Gasteiger partial charge in [-0.1, -0.05) is 6.92 Å². The molecule has 2 aliphatic rings. The number of carbonyl (C=O) groups excluding carboxylic acids is 1. The molecule has 0 aromatic heterocycles. The lowest BCUT2D eigenvalue weighted by atomic mass is 9.81. The highest BCUT2D eigenvalue weighted by Crippen LogP contribution is 2.31. The maximum atomic E-state index is 12.5. The quantitative estimate of drug-likeness (QED) is 0.818. The highest BCUT2D eigenvalue weighted by Gasteiger charge is 2.33. The van der Waals surface area contributed by atoms with Gasteiger partial charge in [0.05, 0.1) is 0 Å². The standard InChI is InChI=1S/C15H28N2O/c1-12-4-6-13(7-5-12)14(18)17-10-8-15(2,16-3)9-11-17/h12-13,16H,4-11H2,1-3H3. The Morgan fingerprint density at radius 3 is 2.22 bits per heavy atom. The van der Waals surface area contributed by atoms with E-state index in [0.717, 1.165) is 44.7 Å². The lowest BCUT2D eigenvalue weighted by Gasteiger charge is -2.41. The second-order valence-electron chi connectivity index (χ2n) is 6.59. The van der Waals surface area contributed by atoms with Gasteiger partial charge in [-0.3, -0.25) is 4.79 Å². The molecule has 1 heterocycles. The molecule has 0 aromatic rings. The summed E-state index contributed by atoms with van der Waals surface area (Å²) in [6, 6.07) is 0. The second-order valence-corrected chi connectivity index (χ2v) is 6.59. The number of hydrogen-bond acceptors (Lipinski definition) is 2. The zero-order chi connectivity index (χ0) is 13.2. The van der Waals surface area contributed by atoms with Crippen molar-refractivity contribution in [2.75, 3.05) is 20.1 Å². The van der Waals surface area contributed by atoms with Gasteiger partial charge in [-0.15, -0.1) is 0 Å². The summed E-state index contributed by atoms with van der Waals surface area (Å²) < 4.78 is 0. The van der Waals surface area contributed by atoms with Gasteiger partial charge in [0.1, 0.15) is 0 Å². The van der Waals surface area contributed by atoms with Crippen LogP contribution >= 0.6 is 0 Å². The predicted octanol–water partition coefficient (Wildman–Crippen LogP) is 2.41. The van der Waals surface area contributed by atoms with Gasteiger partial charge >= 0.3 is 0 Å². The van der Waals surface area contributed by atoms with Crippen LogP contribution in [-0.2, 0) is 4.79 Å². The molecule has 1 saturated heterocycles. The van der Waals surface area contributed by atoms with Crippen molar-refractivity contribution in [3.05, 3.63) is 0 Å². The number of likely N-dealkylation sites (tertiary alicyclic amines) is 1. The van der Waals surface area contributed by atoms with Crippen LogP contribution in [0.2, 0.25) is 0 Å². The Bertz CT molecular complexity index is 287. The fourth-order valence-corrected chi connectivity index (χ4v) is 3.24. The average Bonchev–Trinajstić information content (AvgIpc) is 2.40. The Morgan fingerprint density at radius 1 is 1.17 bits per heavy atom. The summed E-state index contributed by atoms with van der Waals surface area (Å²) in [5.74, 6) is 1.57. The van der Waals surface area contributed by atoms with Crippen molar-refractivity contribution in [1.29, 1.82) is 0 Å². The molecule has 104 valence electrons. The smallest absolute Gasteiger partial charge is 0.225 e. The zero-order valence-electron chi connectivity index (χ0n) is 12.2. The fraction of sp³-hybridized carbons (Fsp3) is 0.933. The summed E-state index contributed by atoms with van der Waals surface area (Å²) in [7, 11) is 2.03. The van der Waals surface area contributed by atoms with Gasteiger partial charge in [-0.2, -0.15) is 0 Å². The molecule has 0 bridgehead atoms. The third-order valence-corrected chi connectivity index (χ3v) is 5.15. The molecule has 2 rings (SSSR count). The number of amides is 1. The first kappa shape index (κ1) is 13.9. The van der Waals surface area contributed by atoms with E-state index in [1.165, 1.54) is 12.8 Å². The Hall–Kier alpha value is -0.570. The topological polar surface area (TPSA) is 32.3 Å². The van der Waals surface area contributed by atoms with Crippen molar-refractivity contribution in [1.82, 2.24) is 10.2 Å². The molecule has 0 atom stereocenters. The van der Waals surface area contributed by atoms with E-state index < -0.39 is 0 Å². The predicted molar refractivity (Wildman–Crippen MR) is 74.4 cm³/mol. The molecule has 1 amide bonds. The van der Waals surface area contributed by atoms with Gasteiger partial charge in [0.25, 0.3) is 0 Å². The molecule has 0 spiro atoms. The van der Waals surface area contributed by atoms with Crippen LogP contribution < -0.4 is 5.32 Å². The van der Waals surface area contributed by atoms with Crippen LogP contribution in [0.15, 0.2) is 0 Å². The molecule has 0 unspecified atom stereocenters. The molecule has 0 aromatic carbocycles. The van der Waals surface area contributed by atoms with E-state index >= 15 is 0 Å². The Labute approximate surface area is 111 Å². The van der Waals surface area contributed by atoms with Crippen LogP contribution in [0.25, 0.3) is 0 Å². The van der Waals surface area contributed by atoms with E-state index in [1.807, 2.05) is 7.05 Å². The first-order valence-corrected chi connectivity index (χ1v) is 7.52. The molecule has 1 aliphatic carbocycles. The Morgan fingerprint density at radius 2 is 1.72 bits per heavy atom. The van der Waals surface area contributed by atoms with Gasteiger partial charge in [0, 0.05) is 24.5 Å². The molecule has 18 heavy (non-hydrogen) atoms. The number of rotatable bonds is 2.